The number of rotatable bonds is 2. The number of anilines is 1. The van der Waals surface area contributed by atoms with Gasteiger partial charge in [-0.3, -0.25) is 4.79 Å². The number of hydrogen-bond donors (Lipinski definition) is 2. The molecule has 0 radical (unpaired) electrons. The zero-order chi connectivity index (χ0) is 13.0. The number of terminal acetylenes is 1. The number of phenolic OH excluding ortho intramolecular Hbond substituents is 1. The largest absolute Gasteiger partial charge is 0.506 e. The van der Waals surface area contributed by atoms with Gasteiger partial charge in [0, 0.05) is 11.1 Å². The Hall–Kier alpha value is -2.73. The Bertz CT molecular complexity index is 612. The second kappa shape index (κ2) is 5.07. The van der Waals surface area contributed by atoms with Gasteiger partial charge in [-0.1, -0.05) is 24.1 Å². The van der Waals surface area contributed by atoms with E-state index in [1.165, 1.54) is 6.07 Å². The minimum atomic E-state index is -0.278. The monoisotopic (exact) mass is 237 g/mol. The molecule has 18 heavy (non-hydrogen) atoms. The van der Waals surface area contributed by atoms with Gasteiger partial charge in [0.15, 0.2) is 0 Å². The van der Waals surface area contributed by atoms with Crippen LogP contribution in [-0.2, 0) is 0 Å². The summed E-state index contributed by atoms with van der Waals surface area (Å²) in [5, 5.41) is 12.3. The fourth-order valence-electron chi connectivity index (χ4n) is 1.51. The number of amides is 1. The van der Waals surface area contributed by atoms with Crippen LogP contribution >= 0.6 is 0 Å². The standard InChI is InChI=1S/C15H11NO2/c1-2-11-8-9-13(14(17)10-11)16-15(18)12-6-4-3-5-7-12/h1,3-10,17H,(H,16,18). The summed E-state index contributed by atoms with van der Waals surface area (Å²) in [5.41, 5.74) is 1.42. The van der Waals surface area contributed by atoms with Crippen molar-refractivity contribution in [3.8, 4) is 18.1 Å². The summed E-state index contributed by atoms with van der Waals surface area (Å²) in [6.07, 6.45) is 5.21. The normalized spacial score (nSPS) is 9.50. The molecule has 88 valence electrons. The second-order valence-electron chi connectivity index (χ2n) is 3.70. The molecule has 3 nitrogen and oxygen atoms in total. The summed E-state index contributed by atoms with van der Waals surface area (Å²) in [5.74, 6) is 2.08. The third-order valence-electron chi connectivity index (χ3n) is 2.45. The average Bonchev–Trinajstić information content (AvgIpc) is 2.42. The Morgan fingerprint density at radius 3 is 2.50 bits per heavy atom. The molecule has 2 rings (SSSR count). The minimum absolute atomic E-state index is 0.0465. The van der Waals surface area contributed by atoms with Crippen molar-refractivity contribution in [1.29, 1.82) is 0 Å². The smallest absolute Gasteiger partial charge is 0.255 e. The van der Waals surface area contributed by atoms with Crippen LogP contribution in [0.4, 0.5) is 5.69 Å². The fraction of sp³-hybridized carbons (Fsp3) is 0. The molecule has 0 aliphatic heterocycles. The number of hydrogen-bond acceptors (Lipinski definition) is 2. The molecule has 2 aromatic rings. The van der Waals surface area contributed by atoms with Gasteiger partial charge in [-0.15, -0.1) is 6.42 Å². The van der Waals surface area contributed by atoms with Crippen LogP contribution in [0.25, 0.3) is 0 Å². The van der Waals surface area contributed by atoms with Gasteiger partial charge in [-0.05, 0) is 30.3 Å². The van der Waals surface area contributed by atoms with Crippen LogP contribution in [0.1, 0.15) is 15.9 Å². The first-order valence-electron chi connectivity index (χ1n) is 5.37. The number of carbonyl (C=O) groups is 1. The molecule has 3 heteroatoms. The van der Waals surface area contributed by atoms with E-state index in [-0.39, 0.29) is 11.7 Å². The van der Waals surface area contributed by atoms with Crippen LogP contribution in [0, 0.1) is 12.3 Å². The Balaban J connectivity index is 2.20. The lowest BCUT2D eigenvalue weighted by Crippen LogP contribution is -2.11. The molecule has 1 amide bonds. The van der Waals surface area contributed by atoms with E-state index in [4.69, 9.17) is 6.42 Å². The summed E-state index contributed by atoms with van der Waals surface area (Å²) >= 11 is 0. The number of benzene rings is 2. The molecule has 2 N–H and O–H groups in total. The highest BCUT2D eigenvalue weighted by molar-refractivity contribution is 6.04. The molecule has 0 aliphatic carbocycles. The van der Waals surface area contributed by atoms with Crippen molar-refractivity contribution in [3.63, 3.8) is 0 Å². The number of carbonyl (C=O) groups excluding carboxylic acids is 1. The van der Waals surface area contributed by atoms with Gasteiger partial charge in [0.1, 0.15) is 5.75 Å². The topological polar surface area (TPSA) is 49.3 Å². The van der Waals surface area contributed by atoms with E-state index in [1.54, 1.807) is 36.4 Å². The van der Waals surface area contributed by atoms with Crippen LogP contribution in [0.5, 0.6) is 5.75 Å². The van der Waals surface area contributed by atoms with Crippen LogP contribution in [-0.4, -0.2) is 11.0 Å². The van der Waals surface area contributed by atoms with Crippen molar-refractivity contribution >= 4 is 11.6 Å². The predicted octanol–water partition coefficient (Wildman–Crippen LogP) is 2.63. The Morgan fingerprint density at radius 2 is 1.89 bits per heavy atom. The first-order chi connectivity index (χ1) is 8.70. The lowest BCUT2D eigenvalue weighted by atomic mass is 10.1. The van der Waals surface area contributed by atoms with E-state index < -0.39 is 0 Å². The molecule has 0 aromatic heterocycles. The Kier molecular flexibility index (Phi) is 3.31. The van der Waals surface area contributed by atoms with Crippen molar-refractivity contribution in [2.45, 2.75) is 0 Å². The molecule has 0 spiro atoms. The highest BCUT2D eigenvalue weighted by Gasteiger charge is 2.08. The van der Waals surface area contributed by atoms with Gasteiger partial charge in [0.2, 0.25) is 0 Å². The van der Waals surface area contributed by atoms with Crippen molar-refractivity contribution in [3.05, 3.63) is 59.7 Å². The molecule has 2 aromatic carbocycles. The molecule has 0 atom stereocenters. The van der Waals surface area contributed by atoms with Crippen molar-refractivity contribution < 1.29 is 9.90 Å². The molecule has 0 aliphatic rings. The van der Waals surface area contributed by atoms with Crippen LogP contribution in [0.2, 0.25) is 0 Å². The van der Waals surface area contributed by atoms with E-state index in [0.717, 1.165) is 0 Å². The molecule has 0 bridgehead atoms. The third-order valence-corrected chi connectivity index (χ3v) is 2.45. The second-order valence-corrected chi connectivity index (χ2v) is 3.70. The Labute approximate surface area is 105 Å². The number of nitrogens with one attached hydrogen (secondary N) is 1. The lowest BCUT2D eigenvalue weighted by molar-refractivity contribution is 0.102. The maximum absolute atomic E-state index is 11.9. The molecular weight excluding hydrogens is 226 g/mol. The van der Waals surface area contributed by atoms with Crippen LogP contribution in [0.3, 0.4) is 0 Å². The molecule has 0 fully saturated rings. The summed E-state index contributed by atoms with van der Waals surface area (Å²) in [7, 11) is 0. The van der Waals surface area contributed by atoms with Gasteiger partial charge in [-0.2, -0.15) is 0 Å². The zero-order valence-electron chi connectivity index (χ0n) is 9.55. The maximum atomic E-state index is 11.9. The summed E-state index contributed by atoms with van der Waals surface area (Å²) in [6, 6.07) is 13.4. The Morgan fingerprint density at radius 1 is 1.17 bits per heavy atom. The van der Waals surface area contributed by atoms with Crippen molar-refractivity contribution in [1.82, 2.24) is 0 Å². The fourth-order valence-corrected chi connectivity index (χ4v) is 1.51. The van der Waals surface area contributed by atoms with E-state index in [2.05, 4.69) is 11.2 Å². The summed E-state index contributed by atoms with van der Waals surface area (Å²) in [6.45, 7) is 0. The molecule has 0 unspecified atom stereocenters. The SMILES string of the molecule is C#Cc1ccc(NC(=O)c2ccccc2)c(O)c1. The zero-order valence-corrected chi connectivity index (χ0v) is 9.55. The highest BCUT2D eigenvalue weighted by atomic mass is 16.3. The van der Waals surface area contributed by atoms with Gasteiger partial charge in [0.25, 0.3) is 5.91 Å². The molecular formula is C15H11NO2. The molecule has 0 saturated heterocycles. The maximum Gasteiger partial charge on any atom is 0.255 e. The van der Waals surface area contributed by atoms with Crippen molar-refractivity contribution in [2.24, 2.45) is 0 Å². The van der Waals surface area contributed by atoms with E-state index >= 15 is 0 Å². The lowest BCUT2D eigenvalue weighted by Gasteiger charge is -2.07. The predicted molar refractivity (Wildman–Crippen MR) is 70.4 cm³/mol. The number of aromatic hydroxyl groups is 1. The number of phenols is 1. The average molecular weight is 237 g/mol. The molecule has 0 saturated carbocycles. The first-order valence-corrected chi connectivity index (χ1v) is 5.37. The van der Waals surface area contributed by atoms with E-state index in [1.807, 2.05) is 6.07 Å². The summed E-state index contributed by atoms with van der Waals surface area (Å²) in [4.78, 5) is 11.9. The minimum Gasteiger partial charge on any atom is -0.506 e. The van der Waals surface area contributed by atoms with E-state index in [0.29, 0.717) is 16.8 Å². The van der Waals surface area contributed by atoms with Gasteiger partial charge >= 0.3 is 0 Å². The third kappa shape index (κ3) is 2.50. The van der Waals surface area contributed by atoms with Gasteiger partial charge in [0.05, 0.1) is 5.69 Å². The first kappa shape index (κ1) is 11.7. The van der Waals surface area contributed by atoms with Crippen LogP contribution < -0.4 is 5.32 Å². The van der Waals surface area contributed by atoms with Crippen molar-refractivity contribution in [2.75, 3.05) is 5.32 Å². The van der Waals surface area contributed by atoms with Gasteiger partial charge < -0.3 is 10.4 Å². The quantitative estimate of drug-likeness (QED) is 0.623. The van der Waals surface area contributed by atoms with Crippen LogP contribution in [0.15, 0.2) is 48.5 Å². The molecule has 0 heterocycles. The van der Waals surface area contributed by atoms with E-state index in [9.17, 15) is 9.90 Å². The highest BCUT2D eigenvalue weighted by Crippen LogP contribution is 2.24. The van der Waals surface area contributed by atoms with Gasteiger partial charge in [-0.25, -0.2) is 0 Å². The summed E-state index contributed by atoms with van der Waals surface area (Å²) < 4.78 is 0.